The SMILES string of the molecule is CCCCCCCCCCCCC(O)COc1ccc(-c2ccccc2OS(=O)(=O)C(F)(F)F)cc1.I. The van der Waals surface area contributed by atoms with E-state index in [0.717, 1.165) is 18.9 Å². The van der Waals surface area contributed by atoms with Crippen LogP contribution in [0.3, 0.4) is 0 Å². The maximum absolute atomic E-state index is 12.7. The molecular weight excluding hydrogens is 620 g/mol. The third-order valence-electron chi connectivity index (χ3n) is 5.87. The van der Waals surface area contributed by atoms with Crippen LogP contribution in [0.1, 0.15) is 77.6 Å². The van der Waals surface area contributed by atoms with Gasteiger partial charge in [-0.25, -0.2) is 0 Å². The highest BCUT2D eigenvalue weighted by Gasteiger charge is 2.48. The van der Waals surface area contributed by atoms with Crippen molar-refractivity contribution in [2.45, 2.75) is 89.2 Å². The zero-order valence-corrected chi connectivity index (χ0v) is 24.4. The van der Waals surface area contributed by atoms with Gasteiger partial charge in [0.15, 0.2) is 5.75 Å². The highest BCUT2D eigenvalue weighted by Crippen LogP contribution is 2.34. The summed E-state index contributed by atoms with van der Waals surface area (Å²) in [6.45, 7) is 2.36. The lowest BCUT2D eigenvalue weighted by Crippen LogP contribution is -2.28. The van der Waals surface area contributed by atoms with E-state index in [9.17, 15) is 26.7 Å². The number of halogens is 4. The van der Waals surface area contributed by atoms with Crippen LogP contribution < -0.4 is 8.92 Å². The lowest BCUT2D eigenvalue weighted by Gasteiger charge is -2.14. The Kier molecular flexibility index (Phi) is 15.5. The Morgan fingerprint density at radius 2 is 1.38 bits per heavy atom. The Balaban J connectivity index is 0.00000684. The van der Waals surface area contributed by atoms with Crippen LogP contribution in [0.25, 0.3) is 11.1 Å². The van der Waals surface area contributed by atoms with Crippen LogP contribution in [0.5, 0.6) is 11.5 Å². The summed E-state index contributed by atoms with van der Waals surface area (Å²) in [6, 6.07) is 12.0. The molecular formula is C27H38F3IO5S. The van der Waals surface area contributed by atoms with Gasteiger partial charge in [0.2, 0.25) is 0 Å². The predicted octanol–water partition coefficient (Wildman–Crippen LogP) is 8.25. The van der Waals surface area contributed by atoms with Gasteiger partial charge < -0.3 is 14.0 Å². The van der Waals surface area contributed by atoms with Gasteiger partial charge in [0.05, 0.1) is 6.10 Å². The summed E-state index contributed by atoms with van der Waals surface area (Å²) in [6.07, 6.45) is 12.4. The minimum atomic E-state index is -5.78. The van der Waals surface area contributed by atoms with E-state index in [4.69, 9.17) is 4.74 Å². The van der Waals surface area contributed by atoms with Gasteiger partial charge in [-0.3, -0.25) is 0 Å². The van der Waals surface area contributed by atoms with Crippen molar-refractivity contribution in [3.8, 4) is 22.6 Å². The molecule has 0 spiro atoms. The van der Waals surface area contributed by atoms with Crippen LogP contribution in [0, 0.1) is 0 Å². The highest BCUT2D eigenvalue weighted by molar-refractivity contribution is 14.0. The molecule has 0 aromatic heterocycles. The Morgan fingerprint density at radius 1 is 0.838 bits per heavy atom. The molecule has 2 aromatic rings. The largest absolute Gasteiger partial charge is 0.534 e. The fourth-order valence-corrected chi connectivity index (χ4v) is 4.29. The van der Waals surface area contributed by atoms with Crippen molar-refractivity contribution in [2.24, 2.45) is 0 Å². The number of hydrogen-bond donors (Lipinski definition) is 1. The monoisotopic (exact) mass is 658 g/mol. The standard InChI is InChI=1S/C27H37F3O5S.HI/c1-2-3-4-5-6-7-8-9-10-11-14-23(31)21-34-24-19-17-22(18-20-24)25-15-12-13-16-26(25)35-36(32,33)27(28,29)30;/h12-13,15-20,23,31H,2-11,14,21H2,1H3;1H. The second kappa shape index (κ2) is 17.1. The van der Waals surface area contributed by atoms with E-state index >= 15 is 0 Å². The number of benzene rings is 2. The van der Waals surface area contributed by atoms with Crippen molar-refractivity contribution in [1.82, 2.24) is 0 Å². The predicted molar refractivity (Wildman–Crippen MR) is 151 cm³/mol. The van der Waals surface area contributed by atoms with Gasteiger partial charge in [0, 0.05) is 5.56 Å². The Morgan fingerprint density at radius 3 is 1.95 bits per heavy atom. The average molecular weight is 659 g/mol. The molecule has 0 aliphatic rings. The number of rotatable bonds is 17. The molecule has 210 valence electrons. The lowest BCUT2D eigenvalue weighted by molar-refractivity contribution is -0.0499. The van der Waals surface area contributed by atoms with Crippen LogP contribution in [0.4, 0.5) is 13.2 Å². The number of ether oxygens (including phenoxy) is 1. The van der Waals surface area contributed by atoms with E-state index in [1.54, 1.807) is 30.3 Å². The molecule has 0 aliphatic heterocycles. The van der Waals surface area contributed by atoms with Crippen molar-refractivity contribution in [3.05, 3.63) is 48.5 Å². The van der Waals surface area contributed by atoms with E-state index < -0.39 is 27.5 Å². The molecule has 37 heavy (non-hydrogen) atoms. The summed E-state index contributed by atoms with van der Waals surface area (Å²) in [5.41, 5.74) is -4.87. The minimum absolute atomic E-state index is 0. The van der Waals surface area contributed by atoms with Gasteiger partial charge >= 0.3 is 15.6 Å². The maximum Gasteiger partial charge on any atom is 0.534 e. The summed E-state index contributed by atoms with van der Waals surface area (Å²) in [7, 11) is -5.78. The molecule has 1 N–H and O–H groups in total. The number of aliphatic hydroxyl groups is 1. The van der Waals surface area contributed by atoms with E-state index in [0.29, 0.717) is 17.7 Å². The minimum Gasteiger partial charge on any atom is -0.491 e. The summed E-state index contributed by atoms with van der Waals surface area (Å²) < 4.78 is 70.9. The molecule has 0 aliphatic carbocycles. The van der Waals surface area contributed by atoms with Crippen molar-refractivity contribution in [1.29, 1.82) is 0 Å². The molecule has 0 fully saturated rings. The van der Waals surface area contributed by atoms with E-state index in [1.807, 2.05) is 0 Å². The van der Waals surface area contributed by atoms with E-state index in [1.165, 1.54) is 63.5 Å². The maximum atomic E-state index is 12.7. The van der Waals surface area contributed by atoms with Crippen LogP contribution in [0.2, 0.25) is 0 Å². The second-order valence-corrected chi connectivity index (χ2v) is 10.5. The lowest BCUT2D eigenvalue weighted by atomic mass is 10.0. The molecule has 2 aromatic carbocycles. The Bertz CT molecular complexity index is 998. The molecule has 0 saturated heterocycles. The summed E-state index contributed by atoms with van der Waals surface area (Å²) in [5, 5.41) is 10.2. The first-order valence-electron chi connectivity index (χ1n) is 12.6. The number of unbranched alkanes of at least 4 members (excludes halogenated alkanes) is 9. The van der Waals surface area contributed by atoms with Gasteiger partial charge in [-0.05, 0) is 30.2 Å². The van der Waals surface area contributed by atoms with Gasteiger partial charge in [-0.15, -0.1) is 24.0 Å². The van der Waals surface area contributed by atoms with Crippen LogP contribution >= 0.6 is 24.0 Å². The highest BCUT2D eigenvalue weighted by atomic mass is 127. The molecule has 0 bridgehead atoms. The first-order chi connectivity index (χ1) is 17.1. The summed E-state index contributed by atoms with van der Waals surface area (Å²) in [5.74, 6) is 0.0672. The van der Waals surface area contributed by atoms with E-state index in [-0.39, 0.29) is 36.1 Å². The molecule has 2 rings (SSSR count). The summed E-state index contributed by atoms with van der Waals surface area (Å²) >= 11 is 0. The molecule has 0 saturated carbocycles. The number of para-hydroxylation sites is 1. The second-order valence-electron chi connectivity index (χ2n) is 8.94. The smallest absolute Gasteiger partial charge is 0.491 e. The van der Waals surface area contributed by atoms with Crippen LogP contribution in [-0.2, 0) is 10.1 Å². The molecule has 1 unspecified atom stereocenters. The van der Waals surface area contributed by atoms with E-state index in [2.05, 4.69) is 11.1 Å². The fourth-order valence-electron chi connectivity index (χ4n) is 3.82. The number of hydrogen-bond acceptors (Lipinski definition) is 5. The third-order valence-corrected chi connectivity index (χ3v) is 6.83. The molecule has 10 heteroatoms. The van der Waals surface area contributed by atoms with Crippen molar-refractivity contribution in [3.63, 3.8) is 0 Å². The number of aliphatic hydroxyl groups excluding tert-OH is 1. The number of alkyl halides is 3. The topological polar surface area (TPSA) is 72.8 Å². The Hall–Kier alpha value is -1.53. The van der Waals surface area contributed by atoms with Crippen molar-refractivity contribution < 1.29 is 35.6 Å². The van der Waals surface area contributed by atoms with Gasteiger partial charge in [0.1, 0.15) is 12.4 Å². The van der Waals surface area contributed by atoms with Gasteiger partial charge in [0.25, 0.3) is 0 Å². The van der Waals surface area contributed by atoms with Crippen LogP contribution in [-0.4, -0.2) is 31.7 Å². The quantitative estimate of drug-likeness (QED) is 0.0803. The average Bonchev–Trinajstić information content (AvgIpc) is 2.84. The Labute approximate surface area is 235 Å². The van der Waals surface area contributed by atoms with Gasteiger partial charge in [-0.1, -0.05) is 101 Å². The van der Waals surface area contributed by atoms with Crippen molar-refractivity contribution in [2.75, 3.05) is 6.61 Å². The van der Waals surface area contributed by atoms with Gasteiger partial charge in [-0.2, -0.15) is 21.6 Å². The molecule has 0 amide bonds. The molecule has 1 atom stereocenters. The molecule has 0 heterocycles. The normalized spacial score (nSPS) is 12.6. The zero-order chi connectivity index (χ0) is 26.4. The first-order valence-corrected chi connectivity index (χ1v) is 14.1. The third kappa shape index (κ3) is 12.2. The fraction of sp³-hybridized carbons (Fsp3) is 0.556. The molecule has 5 nitrogen and oxygen atoms in total. The zero-order valence-electron chi connectivity index (χ0n) is 21.2. The molecule has 0 radical (unpaired) electrons. The van der Waals surface area contributed by atoms with Crippen molar-refractivity contribution >= 4 is 34.1 Å². The summed E-state index contributed by atoms with van der Waals surface area (Å²) in [4.78, 5) is 0. The van der Waals surface area contributed by atoms with Crippen LogP contribution in [0.15, 0.2) is 48.5 Å². The first kappa shape index (κ1) is 33.5.